The fraction of sp³-hybridized carbons (Fsp3) is 0.154. The zero-order valence-electron chi connectivity index (χ0n) is 9.60. The summed E-state index contributed by atoms with van der Waals surface area (Å²) in [6.45, 7) is 0.386. The average Bonchev–Trinajstić information content (AvgIpc) is 2.83. The molecule has 0 fully saturated rings. The van der Waals surface area contributed by atoms with Gasteiger partial charge in [0.25, 0.3) is 5.91 Å². The Bertz CT molecular complexity index is 527. The summed E-state index contributed by atoms with van der Waals surface area (Å²) in [5, 5.41) is 5.05. The van der Waals surface area contributed by atoms with Gasteiger partial charge < -0.3 is 11.1 Å². The molecule has 0 saturated carbocycles. The van der Waals surface area contributed by atoms with Gasteiger partial charge in [-0.3, -0.25) is 4.79 Å². The van der Waals surface area contributed by atoms with Crippen LogP contribution in [0.1, 0.15) is 21.3 Å². The second kappa shape index (κ2) is 6.00. The monoisotopic (exact) mass is 280 g/mol. The maximum absolute atomic E-state index is 11.8. The minimum Gasteiger partial charge on any atom is -0.349 e. The van der Waals surface area contributed by atoms with E-state index in [0.717, 1.165) is 5.56 Å². The van der Waals surface area contributed by atoms with Gasteiger partial charge >= 0.3 is 0 Å². The smallest absolute Gasteiger partial charge is 0.262 e. The van der Waals surface area contributed by atoms with Gasteiger partial charge in [-0.1, -0.05) is 41.9 Å². The van der Waals surface area contributed by atoms with Crippen molar-refractivity contribution in [2.45, 2.75) is 6.04 Å². The van der Waals surface area contributed by atoms with Crippen LogP contribution in [-0.4, -0.2) is 12.5 Å². The number of thiophene rings is 1. The van der Waals surface area contributed by atoms with E-state index in [-0.39, 0.29) is 11.9 Å². The Hall–Kier alpha value is -1.36. The first kappa shape index (κ1) is 13.1. The van der Waals surface area contributed by atoms with Crippen molar-refractivity contribution in [1.29, 1.82) is 0 Å². The van der Waals surface area contributed by atoms with Crippen molar-refractivity contribution in [2.24, 2.45) is 5.73 Å². The molecule has 1 amide bonds. The van der Waals surface area contributed by atoms with Gasteiger partial charge in [-0.2, -0.15) is 0 Å². The third kappa shape index (κ3) is 3.10. The largest absolute Gasteiger partial charge is 0.349 e. The number of nitrogens with one attached hydrogen (secondary N) is 1. The molecule has 1 aromatic heterocycles. The minimum absolute atomic E-state index is 0.179. The quantitative estimate of drug-likeness (QED) is 0.905. The van der Waals surface area contributed by atoms with Gasteiger partial charge in [0.05, 0.1) is 5.02 Å². The Morgan fingerprint density at radius 1 is 1.33 bits per heavy atom. The van der Waals surface area contributed by atoms with Gasteiger partial charge in [0, 0.05) is 12.6 Å². The summed E-state index contributed by atoms with van der Waals surface area (Å²) in [6.07, 6.45) is 0. The number of halogens is 1. The van der Waals surface area contributed by atoms with Gasteiger partial charge in [0.2, 0.25) is 0 Å². The molecule has 0 bridgehead atoms. The van der Waals surface area contributed by atoms with Crippen molar-refractivity contribution in [1.82, 2.24) is 5.32 Å². The summed E-state index contributed by atoms with van der Waals surface area (Å²) in [4.78, 5) is 12.3. The van der Waals surface area contributed by atoms with Gasteiger partial charge in [0.15, 0.2) is 0 Å². The van der Waals surface area contributed by atoms with E-state index >= 15 is 0 Å². The number of hydrogen-bond acceptors (Lipinski definition) is 3. The number of hydrogen-bond donors (Lipinski definition) is 2. The van der Waals surface area contributed by atoms with Crippen molar-refractivity contribution >= 4 is 28.8 Å². The molecule has 5 heteroatoms. The standard InChI is InChI=1S/C13H13ClN2OS/c14-10-6-7-18-12(10)13(17)16-8-11(15)9-4-2-1-3-5-9/h1-7,11H,8,15H2,(H,16,17). The second-order valence-electron chi connectivity index (χ2n) is 3.82. The summed E-state index contributed by atoms with van der Waals surface area (Å²) in [5.41, 5.74) is 6.99. The topological polar surface area (TPSA) is 55.1 Å². The first-order chi connectivity index (χ1) is 8.68. The van der Waals surface area contributed by atoms with Gasteiger partial charge in [0.1, 0.15) is 4.88 Å². The van der Waals surface area contributed by atoms with Crippen LogP contribution in [-0.2, 0) is 0 Å². The molecular weight excluding hydrogens is 268 g/mol. The number of nitrogens with two attached hydrogens (primary N) is 1. The highest BCUT2D eigenvalue weighted by molar-refractivity contribution is 7.12. The third-order valence-corrected chi connectivity index (χ3v) is 3.87. The maximum atomic E-state index is 11.8. The Labute approximate surface area is 115 Å². The second-order valence-corrected chi connectivity index (χ2v) is 5.15. The van der Waals surface area contributed by atoms with Crippen LogP contribution in [0.4, 0.5) is 0 Å². The van der Waals surface area contributed by atoms with Crippen LogP contribution in [0.5, 0.6) is 0 Å². The van der Waals surface area contributed by atoms with Crippen LogP contribution in [0.25, 0.3) is 0 Å². The predicted molar refractivity (Wildman–Crippen MR) is 75.0 cm³/mol. The lowest BCUT2D eigenvalue weighted by Gasteiger charge is -2.12. The van der Waals surface area contributed by atoms with Crippen LogP contribution in [0.15, 0.2) is 41.8 Å². The zero-order valence-corrected chi connectivity index (χ0v) is 11.2. The highest BCUT2D eigenvalue weighted by atomic mass is 35.5. The maximum Gasteiger partial charge on any atom is 0.262 e. The SMILES string of the molecule is NC(CNC(=O)c1sccc1Cl)c1ccccc1. The molecule has 0 saturated heterocycles. The highest BCUT2D eigenvalue weighted by Crippen LogP contribution is 2.21. The van der Waals surface area contributed by atoms with E-state index in [0.29, 0.717) is 16.4 Å². The molecule has 1 heterocycles. The van der Waals surface area contributed by atoms with E-state index in [1.807, 2.05) is 30.3 Å². The highest BCUT2D eigenvalue weighted by Gasteiger charge is 2.13. The van der Waals surface area contributed by atoms with Crippen LogP contribution in [0.3, 0.4) is 0 Å². The van der Waals surface area contributed by atoms with Crippen LogP contribution in [0, 0.1) is 0 Å². The average molecular weight is 281 g/mol. The summed E-state index contributed by atoms with van der Waals surface area (Å²) in [7, 11) is 0. The fourth-order valence-corrected chi connectivity index (χ4v) is 2.61. The summed E-state index contributed by atoms with van der Waals surface area (Å²) < 4.78 is 0. The van der Waals surface area contributed by atoms with Gasteiger partial charge in [-0.15, -0.1) is 11.3 Å². The summed E-state index contributed by atoms with van der Waals surface area (Å²) in [5.74, 6) is -0.179. The Balaban J connectivity index is 1.93. The molecule has 3 N–H and O–H groups in total. The molecule has 3 nitrogen and oxygen atoms in total. The van der Waals surface area contributed by atoms with E-state index in [1.54, 1.807) is 11.4 Å². The third-order valence-electron chi connectivity index (χ3n) is 2.53. The van der Waals surface area contributed by atoms with E-state index in [1.165, 1.54) is 11.3 Å². The van der Waals surface area contributed by atoms with Crippen molar-refractivity contribution < 1.29 is 4.79 Å². The molecule has 94 valence electrons. The first-order valence-corrected chi connectivity index (χ1v) is 6.76. The molecular formula is C13H13ClN2OS. The van der Waals surface area contributed by atoms with E-state index in [9.17, 15) is 4.79 Å². The fourth-order valence-electron chi connectivity index (χ4n) is 1.56. The molecule has 1 aromatic carbocycles. The molecule has 2 rings (SSSR count). The Kier molecular flexibility index (Phi) is 4.36. The van der Waals surface area contributed by atoms with Gasteiger partial charge in [-0.05, 0) is 17.0 Å². The molecule has 0 aliphatic carbocycles. The molecule has 0 radical (unpaired) electrons. The number of carbonyl (C=O) groups excluding carboxylic acids is 1. The molecule has 18 heavy (non-hydrogen) atoms. The molecule has 0 spiro atoms. The lowest BCUT2D eigenvalue weighted by molar-refractivity contribution is 0.0955. The van der Waals surface area contributed by atoms with Crippen LogP contribution in [0.2, 0.25) is 5.02 Å². The van der Waals surface area contributed by atoms with Crippen LogP contribution >= 0.6 is 22.9 Å². The molecule has 2 aromatic rings. The first-order valence-electron chi connectivity index (χ1n) is 5.50. The Morgan fingerprint density at radius 3 is 2.67 bits per heavy atom. The Morgan fingerprint density at radius 2 is 2.06 bits per heavy atom. The molecule has 0 aliphatic heterocycles. The number of benzene rings is 1. The van der Waals surface area contributed by atoms with Crippen LogP contribution < -0.4 is 11.1 Å². The number of rotatable bonds is 4. The predicted octanol–water partition coefficient (Wildman–Crippen LogP) is 2.83. The van der Waals surface area contributed by atoms with Crippen molar-refractivity contribution in [2.75, 3.05) is 6.54 Å². The molecule has 0 aliphatic rings. The lowest BCUT2D eigenvalue weighted by atomic mass is 10.1. The number of amides is 1. The van der Waals surface area contributed by atoms with Crippen molar-refractivity contribution in [3.05, 3.63) is 57.2 Å². The zero-order chi connectivity index (χ0) is 13.0. The van der Waals surface area contributed by atoms with E-state index < -0.39 is 0 Å². The summed E-state index contributed by atoms with van der Waals surface area (Å²) >= 11 is 7.21. The molecule has 1 unspecified atom stereocenters. The van der Waals surface area contributed by atoms with E-state index in [2.05, 4.69) is 5.32 Å². The lowest BCUT2D eigenvalue weighted by Crippen LogP contribution is -2.31. The normalized spacial score (nSPS) is 12.1. The number of carbonyl (C=O) groups is 1. The molecule has 1 atom stereocenters. The van der Waals surface area contributed by atoms with Gasteiger partial charge in [-0.25, -0.2) is 0 Å². The van der Waals surface area contributed by atoms with Crippen molar-refractivity contribution in [3.63, 3.8) is 0 Å². The van der Waals surface area contributed by atoms with E-state index in [4.69, 9.17) is 17.3 Å². The summed E-state index contributed by atoms with van der Waals surface area (Å²) in [6, 6.07) is 11.1. The van der Waals surface area contributed by atoms with Crippen molar-refractivity contribution in [3.8, 4) is 0 Å². The minimum atomic E-state index is -0.214.